The molecule has 4 aromatic heterocycles. The van der Waals surface area contributed by atoms with E-state index in [1.165, 1.54) is 24.9 Å². The van der Waals surface area contributed by atoms with Gasteiger partial charge in [-0.2, -0.15) is 0 Å². The Morgan fingerprint density at radius 1 is 0.933 bits per heavy atom. The highest BCUT2D eigenvalue weighted by atomic mass is 19.1. The summed E-state index contributed by atoms with van der Waals surface area (Å²) in [6.07, 6.45) is 4.61. The fourth-order valence-corrected chi connectivity index (χ4v) is 6.85. The first-order valence-electron chi connectivity index (χ1n) is 14.6. The van der Waals surface area contributed by atoms with Crippen molar-refractivity contribution in [1.29, 1.82) is 0 Å². The molecule has 8 rings (SSSR count). The third-order valence-corrected chi connectivity index (χ3v) is 8.92. The molecule has 2 N–H and O–H groups in total. The average molecular weight is 602 g/mol. The first kappa shape index (κ1) is 27.2. The van der Waals surface area contributed by atoms with Gasteiger partial charge in [0, 0.05) is 67.3 Å². The zero-order chi connectivity index (χ0) is 30.9. The Morgan fingerprint density at radius 2 is 1.73 bits per heavy atom. The van der Waals surface area contributed by atoms with Crippen LogP contribution in [-0.4, -0.2) is 57.7 Å². The summed E-state index contributed by atoms with van der Waals surface area (Å²) in [7, 11) is 1.43. The van der Waals surface area contributed by atoms with Crippen LogP contribution >= 0.6 is 0 Å². The molecule has 1 spiro atoms. The average Bonchev–Trinajstić information content (AvgIpc) is 3.39. The Hall–Kier alpha value is -5.42. The van der Waals surface area contributed by atoms with Crippen molar-refractivity contribution < 1.29 is 9.13 Å². The van der Waals surface area contributed by atoms with E-state index in [1.807, 2.05) is 29.2 Å². The lowest BCUT2D eigenvalue weighted by atomic mass is 9.72. The molecule has 10 nitrogen and oxygen atoms in total. The van der Waals surface area contributed by atoms with Crippen molar-refractivity contribution in [2.24, 2.45) is 5.41 Å². The molecule has 0 aliphatic carbocycles. The van der Waals surface area contributed by atoms with Gasteiger partial charge in [-0.15, -0.1) is 0 Å². The van der Waals surface area contributed by atoms with Crippen molar-refractivity contribution in [3.63, 3.8) is 0 Å². The first-order chi connectivity index (χ1) is 21.8. The van der Waals surface area contributed by atoms with E-state index in [0.29, 0.717) is 17.2 Å². The van der Waals surface area contributed by atoms with Crippen LogP contribution in [0, 0.1) is 11.2 Å². The maximum absolute atomic E-state index is 13.5. The third-order valence-electron chi connectivity index (χ3n) is 8.92. The van der Waals surface area contributed by atoms with Crippen LogP contribution in [0.1, 0.15) is 5.56 Å². The second-order valence-corrected chi connectivity index (χ2v) is 12.0. The van der Waals surface area contributed by atoms with Gasteiger partial charge in [0.05, 0.1) is 35.7 Å². The smallest absolute Gasteiger partial charge is 0.272 e. The van der Waals surface area contributed by atoms with E-state index < -0.39 is 16.7 Å². The largest absolute Gasteiger partial charge is 0.491 e. The summed E-state index contributed by atoms with van der Waals surface area (Å²) in [4.78, 5) is 41.4. The summed E-state index contributed by atoms with van der Waals surface area (Å²) in [6, 6.07) is 19.3. The molecule has 0 unspecified atom stereocenters. The highest BCUT2D eigenvalue weighted by Crippen LogP contribution is 2.43. The van der Waals surface area contributed by atoms with E-state index in [9.17, 15) is 14.0 Å². The number of hydrogen-bond acceptors (Lipinski definition) is 9. The fraction of sp³-hybridized carbons (Fsp3) is 0.206. The number of fused-ring (bicyclic) bond motifs is 1. The summed E-state index contributed by atoms with van der Waals surface area (Å²) >= 11 is 0. The summed E-state index contributed by atoms with van der Waals surface area (Å²) in [5.74, 6) is 0.216. The lowest BCUT2D eigenvalue weighted by Gasteiger charge is -2.61. The van der Waals surface area contributed by atoms with Gasteiger partial charge < -0.3 is 19.9 Å². The molecule has 2 aromatic carbocycles. The second-order valence-electron chi connectivity index (χ2n) is 12.0. The van der Waals surface area contributed by atoms with E-state index >= 15 is 0 Å². The highest BCUT2D eigenvalue weighted by Gasteiger charge is 2.53. The number of nitrogen functional groups attached to an aromatic ring is 1. The minimum absolute atomic E-state index is 0.150. The second kappa shape index (κ2) is 10.1. The summed E-state index contributed by atoms with van der Waals surface area (Å²) in [5, 5.41) is 0. The van der Waals surface area contributed by atoms with Crippen molar-refractivity contribution >= 4 is 22.5 Å². The molecule has 2 saturated heterocycles. The van der Waals surface area contributed by atoms with Crippen LogP contribution in [0.25, 0.3) is 39.2 Å². The fourth-order valence-electron chi connectivity index (χ4n) is 6.85. The molecule has 11 heteroatoms. The number of aromatic nitrogens is 4. The molecule has 0 saturated carbocycles. The van der Waals surface area contributed by atoms with Gasteiger partial charge in [-0.25, -0.2) is 9.37 Å². The number of anilines is 2. The van der Waals surface area contributed by atoms with Crippen LogP contribution in [0.4, 0.5) is 15.9 Å². The molecular formula is C34H28FN7O3. The van der Waals surface area contributed by atoms with Crippen LogP contribution in [0.15, 0.2) is 88.8 Å². The molecule has 0 amide bonds. The zero-order valence-electron chi connectivity index (χ0n) is 24.4. The predicted octanol–water partition coefficient (Wildman–Crippen LogP) is 3.80. The molecule has 2 fully saturated rings. The monoisotopic (exact) mass is 601 g/mol. The van der Waals surface area contributed by atoms with Crippen molar-refractivity contribution in [3.05, 3.63) is 111 Å². The van der Waals surface area contributed by atoms with Crippen LogP contribution in [-0.2, 0) is 6.54 Å². The number of hydrogen-bond donors (Lipinski definition) is 1. The topological polar surface area (TPSA) is 119 Å². The van der Waals surface area contributed by atoms with Gasteiger partial charge in [0.1, 0.15) is 17.3 Å². The number of methoxy groups -OCH3 is 1. The number of halogens is 1. The SMILES string of the molecule is COc1c(N2CC3(CN(Cc4ccc(-n5c(-c6cccnc6N)cc6ncc(-c7ccc(F)cn7)cc65)cc4)C3)C2)c(=O)c1=O. The predicted molar refractivity (Wildman–Crippen MR) is 170 cm³/mol. The minimum Gasteiger partial charge on any atom is -0.491 e. The molecule has 0 radical (unpaired) electrons. The maximum Gasteiger partial charge on any atom is 0.272 e. The number of ether oxygens (including phenoxy) is 1. The first-order valence-corrected chi connectivity index (χ1v) is 14.6. The Kier molecular flexibility index (Phi) is 6.07. The molecule has 45 heavy (non-hydrogen) atoms. The van der Waals surface area contributed by atoms with Crippen LogP contribution in [0.3, 0.4) is 0 Å². The number of nitrogens with zero attached hydrogens (tertiary/aromatic N) is 6. The van der Waals surface area contributed by atoms with Crippen LogP contribution < -0.4 is 26.2 Å². The number of likely N-dealkylation sites (tertiary alicyclic amines) is 1. The summed E-state index contributed by atoms with van der Waals surface area (Å²) in [5.41, 5.74) is 12.7. The van der Waals surface area contributed by atoms with Crippen molar-refractivity contribution in [2.45, 2.75) is 6.54 Å². The number of rotatable bonds is 7. The van der Waals surface area contributed by atoms with Crippen molar-refractivity contribution in [3.8, 4) is 34.0 Å². The van der Waals surface area contributed by atoms with Gasteiger partial charge in [0.25, 0.3) is 10.9 Å². The normalized spacial score (nSPS) is 15.8. The molecule has 6 aromatic rings. The standard InChI is InChI=1S/C34H28FN7O3/c1-45-32-29(30(43)31(32)44)41-18-34(19-41)16-40(17-34)15-20-4-7-23(8-5-20)42-27(24-3-2-10-37-33(24)36)12-26-28(42)11-21(13-38-26)25-9-6-22(35)14-39-25/h2-14H,15-19H2,1H3,(H2,36,37). The summed E-state index contributed by atoms with van der Waals surface area (Å²) in [6.45, 7) is 4.19. The Morgan fingerprint density at radius 3 is 2.44 bits per heavy atom. The lowest BCUT2D eigenvalue weighted by Crippen LogP contribution is -2.73. The van der Waals surface area contributed by atoms with Gasteiger partial charge >= 0.3 is 0 Å². The van der Waals surface area contributed by atoms with Gasteiger partial charge in [-0.05, 0) is 54.1 Å². The maximum atomic E-state index is 13.5. The van der Waals surface area contributed by atoms with E-state index in [-0.39, 0.29) is 11.2 Å². The highest BCUT2D eigenvalue weighted by molar-refractivity contribution is 5.90. The third kappa shape index (κ3) is 4.38. The molecular weight excluding hydrogens is 573 g/mol. The van der Waals surface area contributed by atoms with Gasteiger partial charge in [-0.3, -0.25) is 24.5 Å². The van der Waals surface area contributed by atoms with Gasteiger partial charge in [0.2, 0.25) is 0 Å². The number of pyridine rings is 3. The zero-order valence-corrected chi connectivity index (χ0v) is 24.4. The van der Waals surface area contributed by atoms with Crippen molar-refractivity contribution in [2.75, 3.05) is 43.9 Å². The summed E-state index contributed by atoms with van der Waals surface area (Å²) < 4.78 is 20.8. The molecule has 224 valence electrons. The van der Waals surface area contributed by atoms with Crippen LogP contribution in [0.5, 0.6) is 5.75 Å². The van der Waals surface area contributed by atoms with Gasteiger partial charge in [0.15, 0.2) is 5.75 Å². The van der Waals surface area contributed by atoms with Crippen LogP contribution in [0.2, 0.25) is 0 Å². The Balaban J connectivity index is 1.05. The van der Waals surface area contributed by atoms with Crippen molar-refractivity contribution in [1.82, 2.24) is 24.4 Å². The van der Waals surface area contributed by atoms with E-state index in [1.54, 1.807) is 18.5 Å². The molecule has 0 atom stereocenters. The van der Waals surface area contributed by atoms with E-state index in [0.717, 1.165) is 66.3 Å². The molecule has 2 aliphatic rings. The Bertz CT molecular complexity index is 2150. The minimum atomic E-state index is -0.530. The number of nitrogens with two attached hydrogens (primary N) is 1. The molecule has 6 heterocycles. The molecule has 2 aliphatic heterocycles. The quantitative estimate of drug-likeness (QED) is 0.273. The van der Waals surface area contributed by atoms with Gasteiger partial charge in [-0.1, -0.05) is 12.1 Å². The van der Waals surface area contributed by atoms with E-state index in [2.05, 4.69) is 43.7 Å². The number of benzene rings is 1. The lowest BCUT2D eigenvalue weighted by molar-refractivity contribution is -0.0276. The molecule has 0 bridgehead atoms. The Labute approximate surface area is 256 Å². The van der Waals surface area contributed by atoms with E-state index in [4.69, 9.17) is 15.5 Å².